The molecule has 0 aliphatic carbocycles. The molecule has 4 heteroatoms. The SMILES string of the molecule is CC1(CN)CCN(Cc2cc(-c3ccccc3)on2)C1. The second-order valence-corrected chi connectivity index (χ2v) is 6.02. The Bertz CT molecular complexity index is 566. The van der Waals surface area contributed by atoms with Crippen molar-refractivity contribution < 1.29 is 4.52 Å². The summed E-state index contributed by atoms with van der Waals surface area (Å²) >= 11 is 0. The second kappa shape index (κ2) is 5.38. The Balaban J connectivity index is 1.67. The number of hydrogen-bond acceptors (Lipinski definition) is 4. The van der Waals surface area contributed by atoms with Crippen molar-refractivity contribution in [2.75, 3.05) is 19.6 Å². The maximum atomic E-state index is 5.84. The van der Waals surface area contributed by atoms with Crippen LogP contribution < -0.4 is 5.73 Å². The van der Waals surface area contributed by atoms with Crippen molar-refractivity contribution in [3.63, 3.8) is 0 Å². The van der Waals surface area contributed by atoms with Crippen LogP contribution in [0.2, 0.25) is 0 Å². The van der Waals surface area contributed by atoms with Gasteiger partial charge in [-0.05, 0) is 24.9 Å². The van der Waals surface area contributed by atoms with Crippen molar-refractivity contribution in [3.05, 3.63) is 42.1 Å². The number of likely N-dealkylation sites (tertiary alicyclic amines) is 1. The van der Waals surface area contributed by atoms with Crippen molar-refractivity contribution in [3.8, 4) is 11.3 Å². The van der Waals surface area contributed by atoms with Crippen molar-refractivity contribution in [1.29, 1.82) is 0 Å². The summed E-state index contributed by atoms with van der Waals surface area (Å²) in [6, 6.07) is 12.1. The molecule has 1 atom stereocenters. The number of aromatic nitrogens is 1. The average molecular weight is 271 g/mol. The van der Waals surface area contributed by atoms with Crippen LogP contribution in [-0.4, -0.2) is 29.7 Å². The van der Waals surface area contributed by atoms with E-state index < -0.39 is 0 Å². The molecule has 0 amide bonds. The van der Waals surface area contributed by atoms with Crippen molar-refractivity contribution in [1.82, 2.24) is 10.1 Å². The molecule has 3 rings (SSSR count). The van der Waals surface area contributed by atoms with Crippen LogP contribution in [-0.2, 0) is 6.54 Å². The standard InChI is InChI=1S/C16H21N3O/c1-16(11-17)7-8-19(12-16)10-14-9-15(20-18-14)13-5-3-2-4-6-13/h2-6,9H,7-8,10-12,17H2,1H3. The minimum Gasteiger partial charge on any atom is -0.356 e. The molecule has 0 bridgehead atoms. The molecule has 0 spiro atoms. The number of rotatable bonds is 4. The van der Waals surface area contributed by atoms with E-state index in [-0.39, 0.29) is 5.41 Å². The fraction of sp³-hybridized carbons (Fsp3) is 0.438. The maximum Gasteiger partial charge on any atom is 0.167 e. The molecular weight excluding hydrogens is 250 g/mol. The minimum atomic E-state index is 0.256. The molecular formula is C16H21N3O. The van der Waals surface area contributed by atoms with Gasteiger partial charge < -0.3 is 10.3 Å². The van der Waals surface area contributed by atoms with E-state index in [4.69, 9.17) is 10.3 Å². The van der Waals surface area contributed by atoms with Gasteiger partial charge in [0.1, 0.15) is 0 Å². The first-order chi connectivity index (χ1) is 9.68. The highest BCUT2D eigenvalue weighted by Crippen LogP contribution is 2.29. The first-order valence-electron chi connectivity index (χ1n) is 7.12. The van der Waals surface area contributed by atoms with E-state index >= 15 is 0 Å². The second-order valence-electron chi connectivity index (χ2n) is 6.02. The van der Waals surface area contributed by atoms with Crippen molar-refractivity contribution >= 4 is 0 Å². The van der Waals surface area contributed by atoms with E-state index in [9.17, 15) is 0 Å². The third kappa shape index (κ3) is 2.76. The Morgan fingerprint density at radius 2 is 2.15 bits per heavy atom. The molecule has 1 aliphatic heterocycles. The lowest BCUT2D eigenvalue weighted by Gasteiger charge is -2.21. The average Bonchev–Trinajstić information content (AvgIpc) is 3.08. The lowest BCUT2D eigenvalue weighted by molar-refractivity contribution is 0.267. The van der Waals surface area contributed by atoms with Gasteiger partial charge in [-0.25, -0.2) is 0 Å². The lowest BCUT2D eigenvalue weighted by Crippen LogP contribution is -2.31. The third-order valence-electron chi connectivity index (χ3n) is 4.13. The van der Waals surface area contributed by atoms with Crippen LogP contribution >= 0.6 is 0 Å². The molecule has 2 heterocycles. The van der Waals surface area contributed by atoms with E-state index in [0.29, 0.717) is 0 Å². The summed E-state index contributed by atoms with van der Waals surface area (Å²) in [6.07, 6.45) is 1.16. The minimum absolute atomic E-state index is 0.256. The van der Waals surface area contributed by atoms with Gasteiger partial charge in [-0.15, -0.1) is 0 Å². The molecule has 2 aromatic rings. The van der Waals surface area contributed by atoms with Gasteiger partial charge in [0, 0.05) is 24.7 Å². The molecule has 1 aliphatic rings. The van der Waals surface area contributed by atoms with Crippen LogP contribution in [0, 0.1) is 5.41 Å². The molecule has 4 nitrogen and oxygen atoms in total. The predicted molar refractivity (Wildman–Crippen MR) is 79.0 cm³/mol. The van der Waals surface area contributed by atoms with E-state index in [2.05, 4.69) is 17.0 Å². The number of benzene rings is 1. The van der Waals surface area contributed by atoms with E-state index in [1.165, 1.54) is 0 Å². The van der Waals surface area contributed by atoms with Crippen molar-refractivity contribution in [2.24, 2.45) is 11.1 Å². The van der Waals surface area contributed by atoms with Crippen LogP contribution in [0.15, 0.2) is 40.9 Å². The van der Waals surface area contributed by atoms with Gasteiger partial charge in [-0.3, -0.25) is 4.90 Å². The number of nitrogens with two attached hydrogens (primary N) is 1. The molecule has 0 saturated carbocycles. The molecule has 1 unspecified atom stereocenters. The highest BCUT2D eigenvalue weighted by molar-refractivity contribution is 5.56. The summed E-state index contributed by atoms with van der Waals surface area (Å²) in [5, 5.41) is 4.18. The van der Waals surface area contributed by atoms with Gasteiger partial charge in [-0.2, -0.15) is 0 Å². The zero-order valence-corrected chi connectivity index (χ0v) is 11.9. The molecule has 1 aromatic heterocycles. The van der Waals surface area contributed by atoms with Gasteiger partial charge in [0.05, 0.1) is 5.69 Å². The Morgan fingerprint density at radius 3 is 2.85 bits per heavy atom. The molecule has 1 aromatic carbocycles. The van der Waals surface area contributed by atoms with Gasteiger partial charge >= 0.3 is 0 Å². The topological polar surface area (TPSA) is 55.3 Å². The van der Waals surface area contributed by atoms with Crippen LogP contribution in [0.3, 0.4) is 0 Å². The number of nitrogens with zero attached hydrogens (tertiary/aromatic N) is 2. The largest absolute Gasteiger partial charge is 0.356 e. The van der Waals surface area contributed by atoms with Crippen LogP contribution in [0.1, 0.15) is 19.0 Å². The highest BCUT2D eigenvalue weighted by atomic mass is 16.5. The normalized spacial score (nSPS) is 23.3. The molecule has 1 saturated heterocycles. The smallest absolute Gasteiger partial charge is 0.167 e. The Morgan fingerprint density at radius 1 is 1.35 bits per heavy atom. The Kier molecular flexibility index (Phi) is 3.59. The van der Waals surface area contributed by atoms with E-state index in [1.807, 2.05) is 36.4 Å². The first-order valence-corrected chi connectivity index (χ1v) is 7.12. The summed E-state index contributed by atoms with van der Waals surface area (Å²) in [6.45, 7) is 5.97. The zero-order chi connectivity index (χ0) is 14.0. The summed E-state index contributed by atoms with van der Waals surface area (Å²) < 4.78 is 5.44. The fourth-order valence-corrected chi connectivity index (χ4v) is 2.78. The molecule has 106 valence electrons. The third-order valence-corrected chi connectivity index (χ3v) is 4.13. The fourth-order valence-electron chi connectivity index (χ4n) is 2.78. The van der Waals surface area contributed by atoms with Gasteiger partial charge in [0.15, 0.2) is 5.76 Å². The molecule has 1 fully saturated rings. The predicted octanol–water partition coefficient (Wildman–Crippen LogP) is 2.51. The monoisotopic (exact) mass is 271 g/mol. The Hall–Kier alpha value is -1.65. The van der Waals surface area contributed by atoms with E-state index in [0.717, 1.165) is 49.6 Å². The van der Waals surface area contributed by atoms with Crippen molar-refractivity contribution in [2.45, 2.75) is 19.9 Å². The maximum absolute atomic E-state index is 5.84. The summed E-state index contributed by atoms with van der Waals surface area (Å²) in [5.41, 5.74) is 8.16. The lowest BCUT2D eigenvalue weighted by atomic mass is 9.90. The summed E-state index contributed by atoms with van der Waals surface area (Å²) in [7, 11) is 0. The summed E-state index contributed by atoms with van der Waals surface area (Å²) in [5.74, 6) is 0.835. The zero-order valence-electron chi connectivity index (χ0n) is 11.9. The van der Waals surface area contributed by atoms with Crippen LogP contribution in [0.5, 0.6) is 0 Å². The van der Waals surface area contributed by atoms with Gasteiger partial charge in [-0.1, -0.05) is 42.4 Å². The van der Waals surface area contributed by atoms with Gasteiger partial charge in [0.25, 0.3) is 0 Å². The molecule has 0 radical (unpaired) electrons. The van der Waals surface area contributed by atoms with Crippen LogP contribution in [0.25, 0.3) is 11.3 Å². The summed E-state index contributed by atoms with van der Waals surface area (Å²) in [4.78, 5) is 2.40. The van der Waals surface area contributed by atoms with Crippen LogP contribution in [0.4, 0.5) is 0 Å². The Labute approximate surface area is 119 Å². The molecule has 2 N–H and O–H groups in total. The first kappa shape index (κ1) is 13.3. The molecule has 20 heavy (non-hydrogen) atoms. The van der Waals surface area contributed by atoms with E-state index in [1.54, 1.807) is 0 Å². The quantitative estimate of drug-likeness (QED) is 0.928. The van der Waals surface area contributed by atoms with Gasteiger partial charge in [0.2, 0.25) is 0 Å². The number of hydrogen-bond donors (Lipinski definition) is 1. The highest BCUT2D eigenvalue weighted by Gasteiger charge is 2.32.